The Balaban J connectivity index is 2.81. The number of nitrogens with zero attached hydrogens (tertiary/aromatic N) is 2. The minimum Gasteiger partial charge on any atom is -0.481 e. The third-order valence-electron chi connectivity index (χ3n) is 4.18. The quantitative estimate of drug-likeness (QED) is 0.816. The molecule has 2 amide bonds. The Hall–Kier alpha value is -1.26. The summed E-state index contributed by atoms with van der Waals surface area (Å²) in [7, 11) is 0. The van der Waals surface area contributed by atoms with Crippen LogP contribution in [0.2, 0.25) is 0 Å². The molecule has 1 N–H and O–H groups in total. The highest BCUT2D eigenvalue weighted by atomic mass is 16.4. The molecule has 1 atom stereocenters. The molecule has 0 aliphatic carbocycles. The van der Waals surface area contributed by atoms with Crippen molar-refractivity contribution < 1.29 is 14.7 Å². The second kappa shape index (κ2) is 7.50. The number of piperidine rings is 1. The van der Waals surface area contributed by atoms with Crippen LogP contribution in [-0.2, 0) is 4.79 Å². The maximum absolute atomic E-state index is 12.5. The molecule has 0 aromatic heterocycles. The van der Waals surface area contributed by atoms with E-state index >= 15 is 0 Å². The van der Waals surface area contributed by atoms with Crippen molar-refractivity contribution in [1.29, 1.82) is 0 Å². The molecule has 5 heteroatoms. The van der Waals surface area contributed by atoms with Gasteiger partial charge in [-0.3, -0.25) is 4.79 Å². The van der Waals surface area contributed by atoms with Crippen molar-refractivity contribution in [3.8, 4) is 0 Å². The number of rotatable bonds is 6. The minimum absolute atomic E-state index is 0.00391. The van der Waals surface area contributed by atoms with Crippen LogP contribution in [0.3, 0.4) is 0 Å². The van der Waals surface area contributed by atoms with Gasteiger partial charge in [0.2, 0.25) is 0 Å². The van der Waals surface area contributed by atoms with Crippen molar-refractivity contribution in [2.45, 2.75) is 52.9 Å². The molecule has 0 radical (unpaired) electrons. The van der Waals surface area contributed by atoms with Crippen molar-refractivity contribution in [2.24, 2.45) is 5.41 Å². The maximum Gasteiger partial charge on any atom is 0.320 e. The van der Waals surface area contributed by atoms with Gasteiger partial charge in [0, 0.05) is 26.2 Å². The summed E-state index contributed by atoms with van der Waals surface area (Å²) in [6.45, 7) is 8.46. The van der Waals surface area contributed by atoms with E-state index in [4.69, 9.17) is 0 Å². The Morgan fingerprint density at radius 2 is 1.95 bits per heavy atom. The fourth-order valence-electron chi connectivity index (χ4n) is 3.12. The Labute approximate surface area is 121 Å². The van der Waals surface area contributed by atoms with E-state index in [9.17, 15) is 14.7 Å². The molecule has 1 heterocycles. The number of carbonyl (C=O) groups is 2. The average molecular weight is 284 g/mol. The Morgan fingerprint density at radius 3 is 2.45 bits per heavy atom. The van der Waals surface area contributed by atoms with Crippen molar-refractivity contribution in [3.63, 3.8) is 0 Å². The first kappa shape index (κ1) is 16.8. The van der Waals surface area contributed by atoms with E-state index in [1.165, 1.54) is 0 Å². The number of amides is 2. The highest BCUT2D eigenvalue weighted by Gasteiger charge is 2.43. The van der Waals surface area contributed by atoms with E-state index in [0.717, 1.165) is 25.8 Å². The molecular weight excluding hydrogens is 256 g/mol. The van der Waals surface area contributed by atoms with Crippen LogP contribution in [0.15, 0.2) is 0 Å². The molecule has 0 saturated carbocycles. The second-order valence-corrected chi connectivity index (χ2v) is 5.72. The van der Waals surface area contributed by atoms with Crippen LogP contribution in [0.25, 0.3) is 0 Å². The molecule has 116 valence electrons. The molecule has 1 saturated heterocycles. The summed E-state index contributed by atoms with van der Waals surface area (Å²) in [5.41, 5.74) is -0.742. The standard InChI is InChI=1S/C15H28N2O3/c1-4-8-15(13(18)19)9-7-11-17(12-15)14(20)16(6-3)10-5-2/h4-12H2,1-3H3,(H,18,19). The van der Waals surface area contributed by atoms with E-state index in [2.05, 4.69) is 0 Å². The number of aliphatic carboxylic acids is 1. The lowest BCUT2D eigenvalue weighted by atomic mass is 9.76. The Morgan fingerprint density at radius 1 is 1.25 bits per heavy atom. The zero-order valence-corrected chi connectivity index (χ0v) is 13.0. The number of hydrogen-bond acceptors (Lipinski definition) is 2. The SMILES string of the molecule is CCCN(CC)C(=O)N1CCCC(CCC)(C(=O)O)C1. The number of hydrogen-bond donors (Lipinski definition) is 1. The topological polar surface area (TPSA) is 60.9 Å². The summed E-state index contributed by atoms with van der Waals surface area (Å²) in [4.78, 5) is 27.7. The van der Waals surface area contributed by atoms with Crippen LogP contribution >= 0.6 is 0 Å². The van der Waals surface area contributed by atoms with E-state index < -0.39 is 11.4 Å². The Bertz CT molecular complexity index is 342. The summed E-state index contributed by atoms with van der Waals surface area (Å²) in [6, 6.07) is -0.00391. The molecule has 20 heavy (non-hydrogen) atoms. The predicted molar refractivity (Wildman–Crippen MR) is 78.7 cm³/mol. The third-order valence-corrected chi connectivity index (χ3v) is 4.18. The molecule has 0 aromatic rings. The minimum atomic E-state index is -0.754. The van der Waals surface area contributed by atoms with E-state index in [1.807, 2.05) is 25.7 Å². The molecule has 1 aliphatic rings. The third kappa shape index (κ3) is 3.64. The van der Waals surface area contributed by atoms with Gasteiger partial charge >= 0.3 is 12.0 Å². The summed E-state index contributed by atoms with van der Waals surface area (Å²) >= 11 is 0. The number of likely N-dealkylation sites (tertiary alicyclic amines) is 1. The number of carboxylic acid groups (broad SMARTS) is 1. The van der Waals surface area contributed by atoms with Gasteiger partial charge in [-0.05, 0) is 32.6 Å². The van der Waals surface area contributed by atoms with Gasteiger partial charge in [-0.1, -0.05) is 20.3 Å². The molecular formula is C15H28N2O3. The summed E-state index contributed by atoms with van der Waals surface area (Å²) in [5.74, 6) is -0.754. The van der Waals surface area contributed by atoms with Gasteiger partial charge in [-0.15, -0.1) is 0 Å². The first-order chi connectivity index (χ1) is 9.50. The molecule has 0 bridgehead atoms. The van der Waals surface area contributed by atoms with Gasteiger partial charge in [-0.2, -0.15) is 0 Å². The van der Waals surface area contributed by atoms with Gasteiger partial charge in [-0.25, -0.2) is 4.79 Å². The van der Waals surface area contributed by atoms with Gasteiger partial charge in [0.05, 0.1) is 5.41 Å². The Kier molecular flexibility index (Phi) is 6.30. The van der Waals surface area contributed by atoms with Crippen molar-refractivity contribution in [1.82, 2.24) is 9.80 Å². The van der Waals surface area contributed by atoms with Gasteiger partial charge in [0.25, 0.3) is 0 Å². The monoisotopic (exact) mass is 284 g/mol. The summed E-state index contributed by atoms with van der Waals surface area (Å²) in [5, 5.41) is 9.57. The molecule has 1 aliphatic heterocycles. The lowest BCUT2D eigenvalue weighted by molar-refractivity contribution is -0.152. The normalized spacial score (nSPS) is 22.6. The molecule has 1 rings (SSSR count). The van der Waals surface area contributed by atoms with Crippen LogP contribution in [-0.4, -0.2) is 53.1 Å². The zero-order valence-electron chi connectivity index (χ0n) is 13.0. The van der Waals surface area contributed by atoms with Crippen LogP contribution in [0.4, 0.5) is 4.79 Å². The smallest absolute Gasteiger partial charge is 0.320 e. The molecule has 5 nitrogen and oxygen atoms in total. The highest BCUT2D eigenvalue weighted by molar-refractivity contribution is 5.78. The molecule has 0 spiro atoms. The van der Waals surface area contributed by atoms with Crippen LogP contribution in [0.1, 0.15) is 52.9 Å². The number of carbonyl (C=O) groups excluding carboxylic acids is 1. The fourth-order valence-corrected chi connectivity index (χ4v) is 3.12. The zero-order chi connectivity index (χ0) is 15.2. The summed E-state index contributed by atoms with van der Waals surface area (Å²) in [6.07, 6.45) is 3.86. The van der Waals surface area contributed by atoms with Crippen molar-refractivity contribution in [2.75, 3.05) is 26.2 Å². The number of urea groups is 1. The van der Waals surface area contributed by atoms with Crippen molar-refractivity contribution >= 4 is 12.0 Å². The predicted octanol–water partition coefficient (Wildman–Crippen LogP) is 2.81. The largest absolute Gasteiger partial charge is 0.481 e. The van der Waals surface area contributed by atoms with Gasteiger partial charge < -0.3 is 14.9 Å². The van der Waals surface area contributed by atoms with Gasteiger partial charge in [0.1, 0.15) is 0 Å². The number of carboxylic acids is 1. The van der Waals surface area contributed by atoms with Gasteiger partial charge in [0.15, 0.2) is 0 Å². The summed E-state index contributed by atoms with van der Waals surface area (Å²) < 4.78 is 0. The van der Waals surface area contributed by atoms with E-state index in [1.54, 1.807) is 4.90 Å². The van der Waals surface area contributed by atoms with E-state index in [0.29, 0.717) is 32.5 Å². The van der Waals surface area contributed by atoms with Crippen LogP contribution in [0.5, 0.6) is 0 Å². The fraction of sp³-hybridized carbons (Fsp3) is 0.867. The average Bonchev–Trinajstić information content (AvgIpc) is 2.44. The van der Waals surface area contributed by atoms with E-state index in [-0.39, 0.29) is 6.03 Å². The van der Waals surface area contributed by atoms with Crippen molar-refractivity contribution in [3.05, 3.63) is 0 Å². The van der Waals surface area contributed by atoms with Crippen LogP contribution in [0, 0.1) is 5.41 Å². The first-order valence-corrected chi connectivity index (χ1v) is 7.78. The maximum atomic E-state index is 12.5. The lowest BCUT2D eigenvalue weighted by Gasteiger charge is -2.41. The first-order valence-electron chi connectivity index (χ1n) is 7.78. The molecule has 0 aromatic carbocycles. The lowest BCUT2D eigenvalue weighted by Crippen LogP contribution is -2.53. The molecule has 1 fully saturated rings. The highest BCUT2D eigenvalue weighted by Crippen LogP contribution is 2.35. The van der Waals surface area contributed by atoms with Crippen LogP contribution < -0.4 is 0 Å². The molecule has 1 unspecified atom stereocenters. The second-order valence-electron chi connectivity index (χ2n) is 5.72.